The third-order valence-electron chi connectivity index (χ3n) is 3.93. The van der Waals surface area contributed by atoms with Crippen LogP contribution in [0.2, 0.25) is 5.02 Å². The van der Waals surface area contributed by atoms with Crippen LogP contribution in [0.15, 0.2) is 24.3 Å². The summed E-state index contributed by atoms with van der Waals surface area (Å²) in [6.45, 7) is 3.21. The molecule has 1 saturated heterocycles. The summed E-state index contributed by atoms with van der Waals surface area (Å²) in [5.41, 5.74) is 7.34. The average molecular weight is 283 g/mol. The van der Waals surface area contributed by atoms with Crippen LogP contribution < -0.4 is 5.73 Å². The Bertz CT molecular complexity index is 411. The van der Waals surface area contributed by atoms with Gasteiger partial charge in [0, 0.05) is 17.1 Å². The lowest BCUT2D eigenvalue weighted by atomic mass is 9.93. The van der Waals surface area contributed by atoms with Gasteiger partial charge in [0.15, 0.2) is 0 Å². The van der Waals surface area contributed by atoms with Gasteiger partial charge in [0.1, 0.15) is 0 Å². The lowest BCUT2D eigenvalue weighted by Crippen LogP contribution is -2.49. The van der Waals surface area contributed by atoms with E-state index < -0.39 is 0 Å². The van der Waals surface area contributed by atoms with E-state index in [0.29, 0.717) is 0 Å². The molecule has 106 valence electrons. The molecule has 0 aliphatic carbocycles. The first kappa shape index (κ1) is 14.8. The fourth-order valence-electron chi connectivity index (χ4n) is 3.07. The highest BCUT2D eigenvalue weighted by molar-refractivity contribution is 6.30. The van der Waals surface area contributed by atoms with E-state index in [2.05, 4.69) is 11.0 Å². The molecule has 0 amide bonds. The van der Waals surface area contributed by atoms with Gasteiger partial charge in [0.2, 0.25) is 0 Å². The second-order valence-corrected chi connectivity index (χ2v) is 5.87. The van der Waals surface area contributed by atoms with Crippen molar-refractivity contribution in [3.8, 4) is 0 Å². The van der Waals surface area contributed by atoms with Gasteiger partial charge in [-0.3, -0.25) is 4.90 Å². The van der Waals surface area contributed by atoms with Crippen molar-refractivity contribution in [1.29, 1.82) is 0 Å². The molecule has 3 unspecified atom stereocenters. The van der Waals surface area contributed by atoms with Gasteiger partial charge in [0.05, 0.1) is 12.6 Å². The second kappa shape index (κ2) is 6.71. The first-order valence-electron chi connectivity index (χ1n) is 7.01. The zero-order valence-electron chi connectivity index (χ0n) is 11.4. The van der Waals surface area contributed by atoms with Crippen molar-refractivity contribution >= 4 is 11.6 Å². The van der Waals surface area contributed by atoms with E-state index in [-0.39, 0.29) is 24.7 Å². The van der Waals surface area contributed by atoms with Crippen LogP contribution in [-0.2, 0) is 0 Å². The van der Waals surface area contributed by atoms with E-state index in [1.165, 1.54) is 12.8 Å². The number of nitrogens with two attached hydrogens (primary N) is 1. The van der Waals surface area contributed by atoms with Gasteiger partial charge in [-0.1, -0.05) is 30.2 Å². The number of aliphatic hydroxyl groups is 1. The summed E-state index contributed by atoms with van der Waals surface area (Å²) in [6.07, 6.45) is 3.39. The Morgan fingerprint density at radius 3 is 2.89 bits per heavy atom. The highest BCUT2D eigenvalue weighted by Gasteiger charge is 2.31. The quantitative estimate of drug-likeness (QED) is 0.892. The summed E-state index contributed by atoms with van der Waals surface area (Å²) in [5.74, 6) is 0. The van der Waals surface area contributed by atoms with E-state index in [1.54, 1.807) is 0 Å². The molecule has 3 atom stereocenters. The Labute approximate surface area is 120 Å². The molecule has 19 heavy (non-hydrogen) atoms. The van der Waals surface area contributed by atoms with Gasteiger partial charge in [-0.2, -0.15) is 0 Å². The molecular formula is C15H23ClN2O. The molecule has 3 nitrogen and oxygen atoms in total. The number of piperidine rings is 1. The molecule has 1 aliphatic heterocycles. The monoisotopic (exact) mass is 282 g/mol. The Kier molecular flexibility index (Phi) is 5.22. The zero-order chi connectivity index (χ0) is 13.8. The third kappa shape index (κ3) is 3.48. The van der Waals surface area contributed by atoms with Gasteiger partial charge < -0.3 is 10.8 Å². The van der Waals surface area contributed by atoms with Crippen molar-refractivity contribution in [3.05, 3.63) is 34.9 Å². The fourth-order valence-corrected chi connectivity index (χ4v) is 3.27. The van der Waals surface area contributed by atoms with Crippen molar-refractivity contribution in [3.63, 3.8) is 0 Å². The molecule has 4 heteroatoms. The summed E-state index contributed by atoms with van der Waals surface area (Å²) in [4.78, 5) is 2.35. The van der Waals surface area contributed by atoms with E-state index in [9.17, 15) is 5.11 Å². The zero-order valence-corrected chi connectivity index (χ0v) is 12.2. The summed E-state index contributed by atoms with van der Waals surface area (Å²) in [5, 5.41) is 10.3. The first-order chi connectivity index (χ1) is 9.13. The van der Waals surface area contributed by atoms with Crippen LogP contribution in [0, 0.1) is 0 Å². The lowest BCUT2D eigenvalue weighted by Gasteiger charge is -2.42. The fraction of sp³-hybridized carbons (Fsp3) is 0.600. The molecule has 1 aliphatic rings. The summed E-state index contributed by atoms with van der Waals surface area (Å²) >= 11 is 6.09. The van der Waals surface area contributed by atoms with Gasteiger partial charge in [0.25, 0.3) is 0 Å². The number of halogens is 1. The Hall–Kier alpha value is -0.610. The summed E-state index contributed by atoms with van der Waals surface area (Å²) in [7, 11) is 0. The molecule has 0 saturated carbocycles. The number of benzene rings is 1. The maximum atomic E-state index is 9.59. The van der Waals surface area contributed by atoms with E-state index in [4.69, 9.17) is 17.3 Å². The van der Waals surface area contributed by atoms with Crippen molar-refractivity contribution in [1.82, 2.24) is 4.90 Å². The molecule has 0 spiro atoms. The van der Waals surface area contributed by atoms with E-state index in [1.807, 2.05) is 25.1 Å². The van der Waals surface area contributed by atoms with Gasteiger partial charge in [-0.15, -0.1) is 0 Å². The normalized spacial score (nSPS) is 24.1. The maximum absolute atomic E-state index is 9.59. The largest absolute Gasteiger partial charge is 0.395 e. The Balaban J connectivity index is 2.28. The standard InChI is InChI=1S/C15H23ClN2O/c1-11(17)15(12-5-4-6-13(16)9-12)18-8-3-2-7-14(18)10-19/h4-6,9,11,14-15,19H,2-3,7-8,10,17H2,1H3. The Morgan fingerprint density at radius 1 is 1.47 bits per heavy atom. The minimum atomic E-state index is 0.00520. The highest BCUT2D eigenvalue weighted by atomic mass is 35.5. The smallest absolute Gasteiger partial charge is 0.0587 e. The van der Waals surface area contributed by atoms with Crippen molar-refractivity contribution < 1.29 is 5.11 Å². The van der Waals surface area contributed by atoms with Crippen LogP contribution in [0.1, 0.15) is 37.8 Å². The molecule has 1 aromatic rings. The van der Waals surface area contributed by atoms with Crippen molar-refractivity contribution in [2.24, 2.45) is 5.73 Å². The minimum absolute atomic E-state index is 0.00520. The van der Waals surface area contributed by atoms with Gasteiger partial charge in [-0.25, -0.2) is 0 Å². The molecule has 1 aromatic carbocycles. The van der Waals surface area contributed by atoms with Gasteiger partial charge in [-0.05, 0) is 44.0 Å². The summed E-state index contributed by atoms with van der Waals surface area (Å²) in [6, 6.07) is 8.24. The molecule has 0 radical (unpaired) electrons. The Morgan fingerprint density at radius 2 is 2.26 bits per heavy atom. The molecule has 1 heterocycles. The lowest BCUT2D eigenvalue weighted by molar-refractivity contribution is 0.0444. The number of hydrogen-bond donors (Lipinski definition) is 2. The van der Waals surface area contributed by atoms with Crippen LogP contribution >= 0.6 is 11.6 Å². The van der Waals surface area contributed by atoms with E-state index >= 15 is 0 Å². The molecule has 0 aromatic heterocycles. The molecule has 0 bridgehead atoms. The number of nitrogens with zero attached hydrogens (tertiary/aromatic N) is 1. The second-order valence-electron chi connectivity index (χ2n) is 5.43. The third-order valence-corrected chi connectivity index (χ3v) is 4.16. The SMILES string of the molecule is CC(N)C(c1cccc(Cl)c1)N1CCCCC1CO. The topological polar surface area (TPSA) is 49.5 Å². The average Bonchev–Trinajstić information content (AvgIpc) is 2.39. The van der Waals surface area contributed by atoms with Crippen LogP contribution in [0.3, 0.4) is 0 Å². The highest BCUT2D eigenvalue weighted by Crippen LogP contribution is 2.31. The predicted octanol–water partition coefficient (Wildman–Crippen LogP) is 2.58. The van der Waals surface area contributed by atoms with Crippen molar-refractivity contribution in [2.45, 2.75) is 44.3 Å². The predicted molar refractivity (Wildman–Crippen MR) is 79.3 cm³/mol. The van der Waals surface area contributed by atoms with Crippen molar-refractivity contribution in [2.75, 3.05) is 13.2 Å². The number of hydrogen-bond acceptors (Lipinski definition) is 3. The van der Waals surface area contributed by atoms with Crippen LogP contribution in [0.5, 0.6) is 0 Å². The molecule has 1 fully saturated rings. The molecule has 3 N–H and O–H groups in total. The van der Waals surface area contributed by atoms with Crippen LogP contribution in [0.4, 0.5) is 0 Å². The maximum Gasteiger partial charge on any atom is 0.0587 e. The number of rotatable bonds is 4. The molecule has 2 rings (SSSR count). The van der Waals surface area contributed by atoms with Gasteiger partial charge >= 0.3 is 0 Å². The van der Waals surface area contributed by atoms with Crippen LogP contribution in [-0.4, -0.2) is 35.2 Å². The number of aliphatic hydroxyl groups excluding tert-OH is 1. The number of likely N-dealkylation sites (tertiary alicyclic amines) is 1. The first-order valence-corrected chi connectivity index (χ1v) is 7.39. The minimum Gasteiger partial charge on any atom is -0.395 e. The van der Waals surface area contributed by atoms with Crippen LogP contribution in [0.25, 0.3) is 0 Å². The summed E-state index contributed by atoms with van der Waals surface area (Å²) < 4.78 is 0. The molecular weight excluding hydrogens is 260 g/mol. The van der Waals surface area contributed by atoms with E-state index in [0.717, 1.165) is 23.6 Å².